The molecule has 0 radical (unpaired) electrons. The number of rotatable bonds is 2. The molecule has 2 amide bonds. The van der Waals surface area contributed by atoms with E-state index in [0.717, 1.165) is 4.90 Å². The number of carbonyl (C=O) groups excluding carboxylic acids is 2. The predicted molar refractivity (Wildman–Crippen MR) is 94.9 cm³/mol. The molecule has 3 rings (SSSR count). The van der Waals surface area contributed by atoms with Gasteiger partial charge in [0.2, 0.25) is 5.91 Å². The fraction of sp³-hybridized carbons (Fsp3) is 0.111. The Hall–Kier alpha value is -2.30. The molecule has 1 aliphatic heterocycles. The van der Waals surface area contributed by atoms with Gasteiger partial charge >= 0.3 is 0 Å². The van der Waals surface area contributed by atoms with Gasteiger partial charge in [0, 0.05) is 28.1 Å². The molecule has 4 nitrogen and oxygen atoms in total. The summed E-state index contributed by atoms with van der Waals surface area (Å²) in [4.78, 5) is 25.9. The van der Waals surface area contributed by atoms with Crippen molar-refractivity contribution in [3.05, 3.63) is 63.6 Å². The summed E-state index contributed by atoms with van der Waals surface area (Å²) >= 11 is 11.9. The SMILES string of the molecule is COC(=C1C(=O)N(C(C)=O)c2cc(Cl)ccc21)c1ccc(Cl)cc1. The van der Waals surface area contributed by atoms with Crippen LogP contribution in [0.2, 0.25) is 10.0 Å². The van der Waals surface area contributed by atoms with Gasteiger partial charge in [-0.05, 0) is 36.4 Å². The fourth-order valence-corrected chi connectivity index (χ4v) is 3.03. The lowest BCUT2D eigenvalue weighted by Crippen LogP contribution is -2.31. The monoisotopic (exact) mass is 361 g/mol. The summed E-state index contributed by atoms with van der Waals surface area (Å²) in [6, 6.07) is 11.9. The highest BCUT2D eigenvalue weighted by molar-refractivity contribution is 6.43. The summed E-state index contributed by atoms with van der Waals surface area (Å²) in [5.41, 5.74) is 2.07. The number of fused-ring (bicyclic) bond motifs is 1. The highest BCUT2D eigenvalue weighted by atomic mass is 35.5. The summed E-state index contributed by atoms with van der Waals surface area (Å²) in [6.07, 6.45) is 0. The number of ether oxygens (including phenoxy) is 1. The van der Waals surface area contributed by atoms with Crippen LogP contribution < -0.4 is 4.90 Å². The lowest BCUT2D eigenvalue weighted by molar-refractivity contribution is -0.122. The van der Waals surface area contributed by atoms with Gasteiger partial charge in [-0.3, -0.25) is 9.59 Å². The van der Waals surface area contributed by atoms with Crippen LogP contribution in [0.4, 0.5) is 5.69 Å². The van der Waals surface area contributed by atoms with Crippen LogP contribution in [0.15, 0.2) is 42.5 Å². The van der Waals surface area contributed by atoms with Gasteiger partial charge in [0.1, 0.15) is 5.76 Å². The van der Waals surface area contributed by atoms with Gasteiger partial charge in [0.15, 0.2) is 0 Å². The van der Waals surface area contributed by atoms with Crippen LogP contribution in [-0.4, -0.2) is 18.9 Å². The molecule has 0 N–H and O–H groups in total. The van der Waals surface area contributed by atoms with E-state index in [2.05, 4.69) is 0 Å². The van der Waals surface area contributed by atoms with E-state index in [0.29, 0.717) is 38.2 Å². The topological polar surface area (TPSA) is 46.6 Å². The average molecular weight is 362 g/mol. The number of hydrogen-bond donors (Lipinski definition) is 0. The molecule has 0 aliphatic carbocycles. The Morgan fingerprint density at radius 2 is 1.67 bits per heavy atom. The number of imide groups is 1. The fourth-order valence-electron chi connectivity index (χ4n) is 2.74. The standard InChI is InChI=1S/C18H13Cl2NO3/c1-10(22)21-15-9-13(20)7-8-14(15)16(18(21)23)17(24-2)11-3-5-12(19)6-4-11/h3-9H,1-2H3. The second-order valence-corrected chi connectivity index (χ2v) is 6.11. The molecule has 1 aliphatic rings. The van der Waals surface area contributed by atoms with E-state index in [9.17, 15) is 9.59 Å². The van der Waals surface area contributed by atoms with E-state index in [1.54, 1.807) is 42.5 Å². The highest BCUT2D eigenvalue weighted by Crippen LogP contribution is 2.42. The van der Waals surface area contributed by atoms with E-state index in [1.807, 2.05) is 0 Å². The molecule has 122 valence electrons. The maximum absolute atomic E-state index is 12.9. The van der Waals surface area contributed by atoms with Gasteiger partial charge in [-0.25, -0.2) is 4.90 Å². The molecular formula is C18H13Cl2NO3. The van der Waals surface area contributed by atoms with Crippen LogP contribution in [0, 0.1) is 0 Å². The van der Waals surface area contributed by atoms with Crippen molar-refractivity contribution in [1.82, 2.24) is 0 Å². The van der Waals surface area contributed by atoms with Crippen LogP contribution in [0.25, 0.3) is 11.3 Å². The van der Waals surface area contributed by atoms with E-state index in [1.165, 1.54) is 14.0 Å². The number of nitrogens with zero attached hydrogens (tertiary/aromatic N) is 1. The smallest absolute Gasteiger partial charge is 0.269 e. The molecule has 0 bridgehead atoms. The minimum Gasteiger partial charge on any atom is -0.495 e. The molecule has 2 aromatic carbocycles. The minimum absolute atomic E-state index is 0.321. The Labute approximate surface area is 149 Å². The molecule has 1 heterocycles. The first kappa shape index (κ1) is 16.6. The first-order chi connectivity index (χ1) is 11.4. The van der Waals surface area contributed by atoms with Crippen molar-refractivity contribution in [3.8, 4) is 0 Å². The third-order valence-corrected chi connectivity index (χ3v) is 4.23. The summed E-state index contributed by atoms with van der Waals surface area (Å²) in [7, 11) is 1.48. The number of benzene rings is 2. The second kappa shape index (κ2) is 6.30. The molecule has 6 heteroatoms. The van der Waals surface area contributed by atoms with Crippen molar-refractivity contribution in [2.75, 3.05) is 12.0 Å². The molecule has 0 atom stereocenters. The zero-order valence-electron chi connectivity index (χ0n) is 13.0. The number of anilines is 1. The lowest BCUT2D eigenvalue weighted by atomic mass is 10.0. The zero-order chi connectivity index (χ0) is 17.4. The molecular weight excluding hydrogens is 349 g/mol. The Kier molecular flexibility index (Phi) is 4.35. The van der Waals surface area contributed by atoms with Crippen LogP contribution >= 0.6 is 23.2 Å². The third kappa shape index (κ3) is 2.68. The maximum Gasteiger partial charge on any atom is 0.269 e. The van der Waals surface area contributed by atoms with E-state index in [-0.39, 0.29) is 5.91 Å². The molecule has 0 unspecified atom stereocenters. The Balaban J connectivity index is 2.28. The van der Waals surface area contributed by atoms with Crippen molar-refractivity contribution >= 4 is 52.0 Å². The summed E-state index contributed by atoms with van der Waals surface area (Å²) in [5, 5.41) is 1.02. The van der Waals surface area contributed by atoms with Crippen LogP contribution in [0.1, 0.15) is 18.1 Å². The Morgan fingerprint density at radius 3 is 2.25 bits per heavy atom. The van der Waals surface area contributed by atoms with Crippen LogP contribution in [0.5, 0.6) is 0 Å². The van der Waals surface area contributed by atoms with Crippen molar-refractivity contribution in [3.63, 3.8) is 0 Å². The number of hydrogen-bond acceptors (Lipinski definition) is 3. The van der Waals surface area contributed by atoms with E-state index < -0.39 is 5.91 Å². The molecule has 0 saturated heterocycles. The van der Waals surface area contributed by atoms with Gasteiger partial charge in [-0.1, -0.05) is 29.3 Å². The first-order valence-corrected chi connectivity index (χ1v) is 7.88. The number of amides is 2. The quantitative estimate of drug-likeness (QED) is 0.588. The second-order valence-electron chi connectivity index (χ2n) is 5.24. The molecule has 0 spiro atoms. The van der Waals surface area contributed by atoms with Crippen molar-refractivity contribution < 1.29 is 14.3 Å². The number of halogens is 2. The van der Waals surface area contributed by atoms with Crippen LogP contribution in [0.3, 0.4) is 0 Å². The molecule has 24 heavy (non-hydrogen) atoms. The average Bonchev–Trinajstić information content (AvgIpc) is 2.82. The van der Waals surface area contributed by atoms with Gasteiger partial charge < -0.3 is 4.74 Å². The van der Waals surface area contributed by atoms with E-state index >= 15 is 0 Å². The largest absolute Gasteiger partial charge is 0.495 e. The number of methoxy groups -OCH3 is 1. The third-order valence-electron chi connectivity index (χ3n) is 3.74. The van der Waals surface area contributed by atoms with Crippen molar-refractivity contribution in [1.29, 1.82) is 0 Å². The summed E-state index contributed by atoms with van der Waals surface area (Å²) < 4.78 is 5.49. The Bertz CT molecular complexity index is 872. The van der Waals surface area contributed by atoms with Gasteiger partial charge in [-0.15, -0.1) is 0 Å². The first-order valence-electron chi connectivity index (χ1n) is 7.13. The van der Waals surface area contributed by atoms with Gasteiger partial charge in [0.05, 0.1) is 18.4 Å². The molecule has 0 fully saturated rings. The summed E-state index contributed by atoms with van der Waals surface area (Å²) in [5.74, 6) is -0.444. The highest BCUT2D eigenvalue weighted by Gasteiger charge is 2.38. The van der Waals surface area contributed by atoms with E-state index in [4.69, 9.17) is 27.9 Å². The normalized spacial score (nSPS) is 15.3. The Morgan fingerprint density at radius 1 is 1.04 bits per heavy atom. The van der Waals surface area contributed by atoms with Gasteiger partial charge in [-0.2, -0.15) is 0 Å². The minimum atomic E-state index is -0.438. The zero-order valence-corrected chi connectivity index (χ0v) is 14.5. The van der Waals surface area contributed by atoms with Crippen molar-refractivity contribution in [2.24, 2.45) is 0 Å². The van der Waals surface area contributed by atoms with Crippen LogP contribution in [-0.2, 0) is 14.3 Å². The van der Waals surface area contributed by atoms with Gasteiger partial charge in [0.25, 0.3) is 5.91 Å². The molecule has 0 aromatic heterocycles. The number of carbonyl (C=O) groups is 2. The maximum atomic E-state index is 12.9. The summed E-state index contributed by atoms with van der Waals surface area (Å²) in [6.45, 7) is 1.33. The molecule has 0 saturated carbocycles. The lowest BCUT2D eigenvalue weighted by Gasteiger charge is -2.13. The molecule has 2 aromatic rings. The van der Waals surface area contributed by atoms with Crippen molar-refractivity contribution in [2.45, 2.75) is 6.92 Å². The predicted octanol–water partition coefficient (Wildman–Crippen LogP) is 4.40.